The predicted molar refractivity (Wildman–Crippen MR) is 86.7 cm³/mol. The highest BCUT2D eigenvalue weighted by atomic mass is 32.2. The van der Waals surface area contributed by atoms with Crippen LogP contribution in [0.2, 0.25) is 0 Å². The molecule has 0 bridgehead atoms. The van der Waals surface area contributed by atoms with Gasteiger partial charge in [-0.25, -0.2) is 8.42 Å². The maximum Gasteiger partial charge on any atom is 0.322 e. The second-order valence-corrected chi connectivity index (χ2v) is 8.47. The zero-order valence-corrected chi connectivity index (χ0v) is 14.3. The Kier molecular flexibility index (Phi) is 4.37. The van der Waals surface area contributed by atoms with Gasteiger partial charge in [-0.3, -0.25) is 4.79 Å². The maximum atomic E-state index is 13.1. The molecule has 0 radical (unpaired) electrons. The smallest absolute Gasteiger partial charge is 0.322 e. The van der Waals surface area contributed by atoms with E-state index in [4.69, 9.17) is 5.26 Å². The lowest BCUT2D eigenvalue weighted by Crippen LogP contribution is -2.46. The molecule has 1 saturated heterocycles. The van der Waals surface area contributed by atoms with Gasteiger partial charge in [0.15, 0.2) is 0 Å². The third-order valence-corrected chi connectivity index (χ3v) is 7.14. The van der Waals surface area contributed by atoms with Crippen molar-refractivity contribution < 1.29 is 18.3 Å². The molecule has 2 fully saturated rings. The Bertz CT molecular complexity index is 812. The number of hydrogen-bond acceptors (Lipinski definition) is 4. The van der Waals surface area contributed by atoms with Crippen LogP contribution in [-0.2, 0) is 14.8 Å². The summed E-state index contributed by atoms with van der Waals surface area (Å²) in [6.45, 7) is 1.68. The number of hydrogen-bond donors (Lipinski definition) is 1. The van der Waals surface area contributed by atoms with E-state index in [1.807, 2.05) is 6.07 Å². The van der Waals surface area contributed by atoms with Crippen molar-refractivity contribution >= 4 is 16.0 Å². The normalized spacial score (nSPS) is 27.4. The first kappa shape index (κ1) is 16.9. The van der Waals surface area contributed by atoms with Crippen LogP contribution < -0.4 is 0 Å². The minimum atomic E-state index is -3.91. The number of sulfonamides is 1. The van der Waals surface area contributed by atoms with Crippen LogP contribution >= 0.6 is 0 Å². The van der Waals surface area contributed by atoms with E-state index < -0.39 is 22.0 Å². The molecule has 1 N–H and O–H groups in total. The van der Waals surface area contributed by atoms with Crippen LogP contribution in [0.25, 0.3) is 0 Å². The summed E-state index contributed by atoms with van der Waals surface area (Å²) in [5.41, 5.74) is 0.991. The Morgan fingerprint density at radius 2 is 2.04 bits per heavy atom. The van der Waals surface area contributed by atoms with Crippen molar-refractivity contribution in [1.82, 2.24) is 4.31 Å². The van der Waals surface area contributed by atoms with Crippen molar-refractivity contribution in [1.29, 1.82) is 5.26 Å². The Morgan fingerprint density at radius 1 is 1.33 bits per heavy atom. The van der Waals surface area contributed by atoms with Crippen LogP contribution in [0.1, 0.15) is 43.2 Å². The van der Waals surface area contributed by atoms with Crippen LogP contribution in [-0.4, -0.2) is 35.9 Å². The van der Waals surface area contributed by atoms with Crippen molar-refractivity contribution in [3.8, 4) is 6.07 Å². The second-order valence-electron chi connectivity index (χ2n) is 6.63. The van der Waals surface area contributed by atoms with Gasteiger partial charge in [0.25, 0.3) is 0 Å². The topological polar surface area (TPSA) is 98.5 Å². The van der Waals surface area contributed by atoms with Gasteiger partial charge in [0.2, 0.25) is 10.0 Å². The maximum absolute atomic E-state index is 13.1. The summed E-state index contributed by atoms with van der Waals surface area (Å²) in [5.74, 6) is -0.965. The Balaban J connectivity index is 2.04. The lowest BCUT2D eigenvalue weighted by atomic mass is 9.85. The summed E-state index contributed by atoms with van der Waals surface area (Å²) in [4.78, 5) is 11.7. The average molecular weight is 348 g/mol. The Hall–Kier alpha value is -1.91. The summed E-state index contributed by atoms with van der Waals surface area (Å²) >= 11 is 0. The highest BCUT2D eigenvalue weighted by Gasteiger charge is 2.51. The zero-order chi connectivity index (χ0) is 17.5. The second kappa shape index (κ2) is 6.19. The molecule has 24 heavy (non-hydrogen) atoms. The van der Waals surface area contributed by atoms with Crippen LogP contribution in [0.3, 0.4) is 0 Å². The van der Waals surface area contributed by atoms with E-state index in [-0.39, 0.29) is 16.9 Å². The minimum Gasteiger partial charge on any atom is -0.480 e. The van der Waals surface area contributed by atoms with E-state index >= 15 is 0 Å². The first-order chi connectivity index (χ1) is 11.4. The van der Waals surface area contributed by atoms with Gasteiger partial charge >= 0.3 is 5.97 Å². The third-order valence-electron chi connectivity index (χ3n) is 5.21. The monoisotopic (exact) mass is 348 g/mol. The fourth-order valence-electron chi connectivity index (χ4n) is 4.02. The summed E-state index contributed by atoms with van der Waals surface area (Å²) in [7, 11) is -3.91. The van der Waals surface area contributed by atoms with Gasteiger partial charge in [0.1, 0.15) is 6.04 Å². The van der Waals surface area contributed by atoms with Gasteiger partial charge in [0.05, 0.1) is 16.5 Å². The molecule has 1 heterocycles. The Labute approximate surface area is 141 Å². The number of aliphatic carboxylic acids is 1. The predicted octanol–water partition coefficient (Wildman–Crippen LogP) is 2.27. The lowest BCUT2D eigenvalue weighted by molar-refractivity contribution is -0.141. The van der Waals surface area contributed by atoms with Gasteiger partial charge in [-0.1, -0.05) is 12.8 Å². The molecule has 0 aromatic heterocycles. The lowest BCUT2D eigenvalue weighted by Gasteiger charge is -2.32. The quantitative estimate of drug-likeness (QED) is 0.903. The molecule has 1 aromatic carbocycles. The van der Waals surface area contributed by atoms with E-state index in [9.17, 15) is 18.3 Å². The highest BCUT2D eigenvalue weighted by molar-refractivity contribution is 7.89. The van der Waals surface area contributed by atoms with E-state index in [0.29, 0.717) is 24.0 Å². The van der Waals surface area contributed by atoms with Crippen LogP contribution in [0.15, 0.2) is 23.1 Å². The minimum absolute atomic E-state index is 0.0662. The molecular weight excluding hydrogens is 328 g/mol. The molecule has 6 nitrogen and oxygen atoms in total. The SMILES string of the molecule is Cc1cc(S(=O)(=O)N2C(C(=O)O)CC3CCCCC32)ccc1C#N. The molecule has 1 saturated carbocycles. The summed E-state index contributed by atoms with van der Waals surface area (Å²) < 4.78 is 27.5. The highest BCUT2D eigenvalue weighted by Crippen LogP contribution is 2.42. The van der Waals surface area contributed by atoms with Crippen molar-refractivity contribution in [2.45, 2.75) is 56.0 Å². The van der Waals surface area contributed by atoms with Gasteiger partial charge in [0, 0.05) is 6.04 Å². The third kappa shape index (κ3) is 2.70. The van der Waals surface area contributed by atoms with Gasteiger partial charge in [-0.2, -0.15) is 9.57 Å². The number of nitriles is 1. The summed E-state index contributed by atoms with van der Waals surface area (Å²) in [6.07, 6.45) is 3.92. The standard InChI is InChI=1S/C17H20N2O4S/c1-11-8-14(7-6-13(11)10-18)24(22,23)19-15-5-3-2-4-12(15)9-16(19)17(20)21/h6-8,12,15-16H,2-5,9H2,1H3,(H,20,21). The van der Waals surface area contributed by atoms with Gasteiger partial charge in [-0.05, 0) is 55.9 Å². The van der Waals surface area contributed by atoms with Crippen LogP contribution in [0.4, 0.5) is 0 Å². The van der Waals surface area contributed by atoms with Crippen LogP contribution in [0, 0.1) is 24.2 Å². The molecule has 3 rings (SSSR count). The fraction of sp³-hybridized carbons (Fsp3) is 0.529. The zero-order valence-electron chi connectivity index (χ0n) is 13.5. The molecule has 1 aromatic rings. The van der Waals surface area contributed by atoms with Crippen molar-refractivity contribution in [3.05, 3.63) is 29.3 Å². The number of rotatable bonds is 3. The van der Waals surface area contributed by atoms with Gasteiger partial charge < -0.3 is 5.11 Å². The van der Waals surface area contributed by atoms with E-state index in [0.717, 1.165) is 19.3 Å². The first-order valence-corrected chi connectivity index (χ1v) is 9.57. The number of fused-ring (bicyclic) bond motifs is 1. The molecule has 3 atom stereocenters. The molecule has 7 heteroatoms. The number of carboxylic acids is 1. The number of benzene rings is 1. The molecule has 1 aliphatic carbocycles. The molecule has 1 aliphatic heterocycles. The molecule has 2 aliphatic rings. The molecule has 3 unspecified atom stereocenters. The number of aryl methyl sites for hydroxylation is 1. The molecule has 0 amide bonds. The number of carboxylic acid groups (broad SMARTS) is 1. The average Bonchev–Trinajstić information content (AvgIpc) is 2.95. The van der Waals surface area contributed by atoms with Crippen molar-refractivity contribution in [3.63, 3.8) is 0 Å². The number of carbonyl (C=O) groups is 1. The summed E-state index contributed by atoms with van der Waals surface area (Å²) in [5, 5.41) is 18.5. The van der Waals surface area contributed by atoms with Crippen LogP contribution in [0.5, 0.6) is 0 Å². The summed E-state index contributed by atoms with van der Waals surface area (Å²) in [6, 6.07) is 5.12. The number of nitrogens with zero attached hydrogens (tertiary/aromatic N) is 2. The molecule has 128 valence electrons. The van der Waals surface area contributed by atoms with Crippen molar-refractivity contribution in [2.24, 2.45) is 5.92 Å². The Morgan fingerprint density at radius 3 is 2.67 bits per heavy atom. The largest absolute Gasteiger partial charge is 0.480 e. The van der Waals surface area contributed by atoms with E-state index in [2.05, 4.69) is 0 Å². The molecule has 0 spiro atoms. The van der Waals surface area contributed by atoms with Crippen molar-refractivity contribution in [2.75, 3.05) is 0 Å². The molecular formula is C17H20N2O4S. The van der Waals surface area contributed by atoms with Gasteiger partial charge in [-0.15, -0.1) is 0 Å². The fourth-order valence-corrected chi connectivity index (χ4v) is 5.97. The van der Waals surface area contributed by atoms with E-state index in [1.165, 1.54) is 22.5 Å². The first-order valence-electron chi connectivity index (χ1n) is 8.13. The van der Waals surface area contributed by atoms with E-state index in [1.54, 1.807) is 6.92 Å².